The largest absolute Gasteiger partial charge is 0.0625 e. The van der Waals surface area contributed by atoms with Crippen molar-refractivity contribution in [3.8, 4) is 0 Å². The molecule has 0 spiro atoms. The van der Waals surface area contributed by atoms with Crippen molar-refractivity contribution in [2.75, 3.05) is 0 Å². The molecule has 0 aliphatic heterocycles. The van der Waals surface area contributed by atoms with Gasteiger partial charge in [0.2, 0.25) is 0 Å². The van der Waals surface area contributed by atoms with E-state index in [-0.39, 0.29) is 0 Å². The van der Waals surface area contributed by atoms with Gasteiger partial charge in [-0.15, -0.1) is 0 Å². The topological polar surface area (TPSA) is 0 Å². The summed E-state index contributed by atoms with van der Waals surface area (Å²) in [4.78, 5) is 0. The molecule has 0 N–H and O–H groups in total. The Kier molecular flexibility index (Phi) is 3.07. The summed E-state index contributed by atoms with van der Waals surface area (Å²) in [5.74, 6) is 5.36. The van der Waals surface area contributed by atoms with Gasteiger partial charge in [0.15, 0.2) is 0 Å². The van der Waals surface area contributed by atoms with Crippen LogP contribution in [0, 0.1) is 40.4 Å². The van der Waals surface area contributed by atoms with E-state index in [1.807, 2.05) is 0 Å². The van der Waals surface area contributed by atoms with E-state index in [4.69, 9.17) is 0 Å². The predicted molar refractivity (Wildman–Crippen MR) is 85.5 cm³/mol. The Labute approximate surface area is 126 Å². The second-order valence-corrected chi connectivity index (χ2v) is 9.62. The molecule has 0 aromatic rings. The summed E-state index contributed by atoms with van der Waals surface area (Å²) >= 11 is 0. The molecule has 4 aliphatic carbocycles. The zero-order valence-electron chi connectivity index (χ0n) is 14.0. The van der Waals surface area contributed by atoms with Crippen molar-refractivity contribution in [2.45, 2.75) is 85.0 Å². The van der Waals surface area contributed by atoms with Crippen LogP contribution >= 0.6 is 0 Å². The summed E-state index contributed by atoms with van der Waals surface area (Å²) in [5.41, 5.74) is 1.46. The van der Waals surface area contributed by atoms with Crippen LogP contribution < -0.4 is 0 Å². The normalized spacial score (nSPS) is 58.6. The molecule has 0 amide bonds. The van der Waals surface area contributed by atoms with E-state index in [0.29, 0.717) is 0 Å². The van der Waals surface area contributed by atoms with Crippen LogP contribution in [0.4, 0.5) is 0 Å². The fraction of sp³-hybridized carbons (Fsp3) is 1.00. The Balaban J connectivity index is 1.62. The second-order valence-electron chi connectivity index (χ2n) is 9.62. The number of hydrogen-bond acceptors (Lipinski definition) is 0. The van der Waals surface area contributed by atoms with Crippen LogP contribution in [-0.2, 0) is 0 Å². The lowest BCUT2D eigenvalue weighted by molar-refractivity contribution is -0.110. The standard InChI is InChI=1S/C20H34/c1-14-8-12-20(3)15(13-14)6-7-16-17-5-4-10-19(17,2)11-9-18(16)20/h14-18H,4-13H2,1-3H3/t14?,15?,16-,17-,18+,19-,20-/m0/s1. The quantitative estimate of drug-likeness (QED) is 0.504. The third-order valence-corrected chi connectivity index (χ3v) is 8.71. The van der Waals surface area contributed by atoms with Crippen LogP contribution in [0.15, 0.2) is 0 Å². The molecule has 7 atom stereocenters. The van der Waals surface area contributed by atoms with Crippen LogP contribution in [0.25, 0.3) is 0 Å². The molecular formula is C20H34. The van der Waals surface area contributed by atoms with Gasteiger partial charge in [-0.1, -0.05) is 33.6 Å². The SMILES string of the molecule is CC1CC[C@@]2(C)C(CC[C@@H]3[C@H]2CC[C@]2(C)CCC[C@@H]32)C1. The van der Waals surface area contributed by atoms with Crippen LogP contribution in [0.3, 0.4) is 0 Å². The average Bonchev–Trinajstić information content (AvgIpc) is 2.81. The summed E-state index contributed by atoms with van der Waals surface area (Å²) in [6, 6.07) is 0. The van der Waals surface area contributed by atoms with Crippen LogP contribution in [0.2, 0.25) is 0 Å². The Bertz CT molecular complexity index is 385. The first-order valence-corrected chi connectivity index (χ1v) is 9.53. The summed E-state index contributed by atoms with van der Waals surface area (Å²) in [6.45, 7) is 7.84. The van der Waals surface area contributed by atoms with Gasteiger partial charge in [-0.2, -0.15) is 0 Å². The van der Waals surface area contributed by atoms with Gasteiger partial charge in [-0.3, -0.25) is 0 Å². The van der Waals surface area contributed by atoms with Gasteiger partial charge in [0.25, 0.3) is 0 Å². The highest BCUT2D eigenvalue weighted by molar-refractivity contribution is 5.07. The maximum Gasteiger partial charge on any atom is -0.0266 e. The highest BCUT2D eigenvalue weighted by Gasteiger charge is 2.57. The van der Waals surface area contributed by atoms with Gasteiger partial charge in [0.1, 0.15) is 0 Å². The highest BCUT2D eigenvalue weighted by atomic mass is 14.6. The molecule has 0 bridgehead atoms. The second kappa shape index (κ2) is 4.50. The molecule has 4 saturated carbocycles. The van der Waals surface area contributed by atoms with E-state index in [1.165, 1.54) is 19.3 Å². The van der Waals surface area contributed by atoms with Gasteiger partial charge < -0.3 is 0 Å². The number of rotatable bonds is 0. The Morgan fingerprint density at radius 1 is 0.800 bits per heavy atom. The van der Waals surface area contributed by atoms with Crippen molar-refractivity contribution in [2.24, 2.45) is 40.4 Å². The summed E-state index contributed by atoms with van der Waals surface area (Å²) in [6.07, 6.45) is 15.5. The van der Waals surface area contributed by atoms with E-state index in [9.17, 15) is 0 Å². The molecule has 0 aromatic carbocycles. The molecule has 4 fully saturated rings. The van der Waals surface area contributed by atoms with Crippen LogP contribution in [0.5, 0.6) is 0 Å². The first-order valence-electron chi connectivity index (χ1n) is 9.53. The minimum Gasteiger partial charge on any atom is -0.0625 e. The molecule has 0 saturated heterocycles. The van der Waals surface area contributed by atoms with E-state index in [1.54, 1.807) is 44.9 Å². The number of hydrogen-bond donors (Lipinski definition) is 0. The van der Waals surface area contributed by atoms with Crippen molar-refractivity contribution in [1.82, 2.24) is 0 Å². The molecule has 0 heteroatoms. The average molecular weight is 274 g/mol. The van der Waals surface area contributed by atoms with Gasteiger partial charge in [-0.25, -0.2) is 0 Å². The third-order valence-electron chi connectivity index (χ3n) is 8.71. The Morgan fingerprint density at radius 2 is 1.65 bits per heavy atom. The molecule has 2 unspecified atom stereocenters. The van der Waals surface area contributed by atoms with Gasteiger partial charge >= 0.3 is 0 Å². The molecule has 4 rings (SSSR count). The Morgan fingerprint density at radius 3 is 2.50 bits per heavy atom. The molecule has 20 heavy (non-hydrogen) atoms. The van der Waals surface area contributed by atoms with Crippen molar-refractivity contribution in [3.63, 3.8) is 0 Å². The first-order chi connectivity index (χ1) is 9.53. The molecule has 0 radical (unpaired) electrons. The van der Waals surface area contributed by atoms with Gasteiger partial charge in [-0.05, 0) is 91.8 Å². The molecular weight excluding hydrogens is 240 g/mol. The van der Waals surface area contributed by atoms with Gasteiger partial charge in [0.05, 0.1) is 0 Å². The van der Waals surface area contributed by atoms with Gasteiger partial charge in [0, 0.05) is 0 Å². The van der Waals surface area contributed by atoms with E-state index in [0.717, 1.165) is 40.4 Å². The minimum absolute atomic E-state index is 0.722. The van der Waals surface area contributed by atoms with Crippen LogP contribution in [-0.4, -0.2) is 0 Å². The molecule has 0 aromatic heterocycles. The molecule has 0 nitrogen and oxygen atoms in total. The lowest BCUT2D eigenvalue weighted by Gasteiger charge is -2.60. The minimum atomic E-state index is 0.722. The maximum absolute atomic E-state index is 2.71. The monoisotopic (exact) mass is 274 g/mol. The fourth-order valence-corrected chi connectivity index (χ4v) is 7.47. The van der Waals surface area contributed by atoms with Crippen molar-refractivity contribution < 1.29 is 0 Å². The third kappa shape index (κ3) is 1.78. The van der Waals surface area contributed by atoms with E-state index in [2.05, 4.69) is 20.8 Å². The summed E-state index contributed by atoms with van der Waals surface area (Å²) in [5, 5.41) is 0. The molecule has 0 heterocycles. The summed E-state index contributed by atoms with van der Waals surface area (Å²) in [7, 11) is 0. The highest BCUT2D eigenvalue weighted by Crippen LogP contribution is 2.66. The smallest absolute Gasteiger partial charge is 0.0266 e. The summed E-state index contributed by atoms with van der Waals surface area (Å²) < 4.78 is 0. The Hall–Kier alpha value is 0. The predicted octanol–water partition coefficient (Wildman–Crippen LogP) is 6.06. The zero-order valence-corrected chi connectivity index (χ0v) is 14.0. The maximum atomic E-state index is 2.71. The lowest BCUT2D eigenvalue weighted by atomic mass is 9.45. The van der Waals surface area contributed by atoms with E-state index < -0.39 is 0 Å². The number of fused-ring (bicyclic) bond motifs is 5. The van der Waals surface area contributed by atoms with Crippen molar-refractivity contribution in [1.29, 1.82) is 0 Å². The fourth-order valence-electron chi connectivity index (χ4n) is 7.47. The lowest BCUT2D eigenvalue weighted by Crippen LogP contribution is -2.52. The van der Waals surface area contributed by atoms with Crippen molar-refractivity contribution >= 4 is 0 Å². The first kappa shape index (κ1) is 13.6. The van der Waals surface area contributed by atoms with Crippen LogP contribution in [0.1, 0.15) is 85.0 Å². The van der Waals surface area contributed by atoms with E-state index >= 15 is 0 Å². The van der Waals surface area contributed by atoms with Crippen molar-refractivity contribution in [3.05, 3.63) is 0 Å². The molecule has 4 aliphatic rings. The zero-order chi connectivity index (χ0) is 14.0. The molecule has 114 valence electrons.